The Kier molecular flexibility index (Phi) is 5.51. The van der Waals surface area contributed by atoms with Crippen LogP contribution in [0.2, 0.25) is 0 Å². The Bertz CT molecular complexity index is 1040. The van der Waals surface area contributed by atoms with Gasteiger partial charge in [-0.05, 0) is 42.7 Å². The lowest BCUT2D eigenvalue weighted by Crippen LogP contribution is -2.30. The fraction of sp³-hybridized carbons (Fsp3) is 0.364. The third kappa shape index (κ3) is 3.79. The number of carbonyl (C=O) groups excluding carboxylic acids is 2. The zero-order valence-electron chi connectivity index (χ0n) is 16.7. The molecule has 30 heavy (non-hydrogen) atoms. The molecule has 158 valence electrons. The molecule has 2 aliphatic rings. The van der Waals surface area contributed by atoms with Crippen molar-refractivity contribution in [3.8, 4) is 5.75 Å². The van der Waals surface area contributed by atoms with E-state index in [-0.39, 0.29) is 40.8 Å². The van der Waals surface area contributed by atoms with Crippen molar-refractivity contribution in [3.05, 3.63) is 54.1 Å². The average molecular weight is 429 g/mol. The van der Waals surface area contributed by atoms with Gasteiger partial charge in [-0.2, -0.15) is 0 Å². The smallest absolute Gasteiger partial charge is 0.265 e. The van der Waals surface area contributed by atoms with Crippen LogP contribution >= 0.6 is 0 Å². The third-order valence-electron chi connectivity index (χ3n) is 5.82. The van der Waals surface area contributed by atoms with Gasteiger partial charge < -0.3 is 4.74 Å². The summed E-state index contributed by atoms with van der Waals surface area (Å²) in [6.45, 7) is 0.0581. The van der Waals surface area contributed by atoms with Gasteiger partial charge in [0.15, 0.2) is 0 Å². The fourth-order valence-electron chi connectivity index (χ4n) is 4.32. The summed E-state index contributed by atoms with van der Waals surface area (Å²) in [6, 6.07) is 13.3. The van der Waals surface area contributed by atoms with Crippen LogP contribution in [0.3, 0.4) is 0 Å². The number of likely N-dealkylation sites (tertiary alicyclic amines) is 1. The van der Waals surface area contributed by atoms with Crippen LogP contribution in [0.25, 0.3) is 0 Å². The van der Waals surface area contributed by atoms with Crippen molar-refractivity contribution in [2.45, 2.75) is 37.1 Å². The van der Waals surface area contributed by atoms with Gasteiger partial charge in [-0.1, -0.05) is 37.1 Å². The Hall–Kier alpha value is -2.87. The lowest BCUT2D eigenvalue weighted by Gasteiger charge is -2.19. The summed E-state index contributed by atoms with van der Waals surface area (Å²) >= 11 is 0. The highest BCUT2D eigenvalue weighted by Gasteiger charge is 2.47. The first-order valence-electron chi connectivity index (χ1n) is 10.0. The summed E-state index contributed by atoms with van der Waals surface area (Å²) in [4.78, 5) is 26.7. The zero-order chi connectivity index (χ0) is 21.3. The summed E-state index contributed by atoms with van der Waals surface area (Å²) in [6.07, 6.45) is 3.41. The number of ether oxygens (including phenoxy) is 1. The van der Waals surface area contributed by atoms with E-state index >= 15 is 0 Å². The topological polar surface area (TPSA) is 92.8 Å². The number of fused-ring (bicyclic) bond motifs is 1. The van der Waals surface area contributed by atoms with Crippen LogP contribution in [-0.2, 0) is 26.2 Å². The molecule has 0 bridgehead atoms. The van der Waals surface area contributed by atoms with Gasteiger partial charge in [0.2, 0.25) is 11.8 Å². The predicted octanol–water partition coefficient (Wildman–Crippen LogP) is 3.17. The molecule has 1 saturated heterocycles. The maximum Gasteiger partial charge on any atom is 0.265 e. The van der Waals surface area contributed by atoms with E-state index in [4.69, 9.17) is 4.74 Å². The van der Waals surface area contributed by atoms with Gasteiger partial charge in [0.05, 0.1) is 25.5 Å². The fourth-order valence-corrected chi connectivity index (χ4v) is 5.59. The molecule has 0 spiro atoms. The third-order valence-corrected chi connectivity index (χ3v) is 7.22. The molecule has 2 atom stereocenters. The van der Waals surface area contributed by atoms with E-state index < -0.39 is 10.0 Å². The molecular formula is C22H24N2O5S. The molecule has 2 unspecified atom stereocenters. The highest BCUT2D eigenvalue weighted by atomic mass is 32.2. The summed E-state index contributed by atoms with van der Waals surface area (Å²) in [5, 5.41) is 0. The Morgan fingerprint density at radius 1 is 1.00 bits per heavy atom. The number of para-hydroxylation sites is 1. The quantitative estimate of drug-likeness (QED) is 0.714. The Morgan fingerprint density at radius 2 is 1.63 bits per heavy atom. The highest BCUT2D eigenvalue weighted by Crippen LogP contribution is 2.39. The molecule has 2 aromatic rings. The van der Waals surface area contributed by atoms with Crippen LogP contribution in [0.15, 0.2) is 53.4 Å². The first kappa shape index (κ1) is 20.4. The van der Waals surface area contributed by atoms with Crippen LogP contribution in [-0.4, -0.2) is 32.2 Å². The van der Waals surface area contributed by atoms with E-state index in [1.165, 1.54) is 18.1 Å². The molecule has 1 heterocycles. The molecule has 8 heteroatoms. The van der Waals surface area contributed by atoms with Gasteiger partial charge in [-0.15, -0.1) is 0 Å². The van der Waals surface area contributed by atoms with Gasteiger partial charge in [0, 0.05) is 5.69 Å². The molecule has 7 nitrogen and oxygen atoms in total. The maximum atomic E-state index is 13.0. The van der Waals surface area contributed by atoms with Crippen molar-refractivity contribution < 1.29 is 22.7 Å². The number of anilines is 1. The second-order valence-corrected chi connectivity index (χ2v) is 9.37. The molecule has 1 aliphatic carbocycles. The van der Waals surface area contributed by atoms with Gasteiger partial charge in [-0.3, -0.25) is 19.2 Å². The Morgan fingerprint density at radius 3 is 2.23 bits per heavy atom. The lowest BCUT2D eigenvalue weighted by molar-refractivity contribution is -0.140. The molecule has 1 saturated carbocycles. The zero-order valence-corrected chi connectivity index (χ0v) is 17.5. The van der Waals surface area contributed by atoms with Gasteiger partial charge in [0.1, 0.15) is 10.6 Å². The van der Waals surface area contributed by atoms with E-state index in [1.807, 2.05) is 0 Å². The van der Waals surface area contributed by atoms with Crippen LogP contribution in [0.5, 0.6) is 5.75 Å². The van der Waals surface area contributed by atoms with Gasteiger partial charge >= 0.3 is 0 Å². The van der Waals surface area contributed by atoms with Crippen LogP contribution in [0, 0.1) is 11.8 Å². The minimum absolute atomic E-state index is 0.0390. The van der Waals surface area contributed by atoms with E-state index in [1.54, 1.807) is 42.5 Å². The normalized spacial score (nSPS) is 21.4. The Balaban J connectivity index is 1.61. The summed E-state index contributed by atoms with van der Waals surface area (Å²) in [7, 11) is -2.53. The van der Waals surface area contributed by atoms with Crippen LogP contribution < -0.4 is 9.46 Å². The first-order valence-corrected chi connectivity index (χ1v) is 11.5. The Labute approximate surface area is 176 Å². The largest absolute Gasteiger partial charge is 0.495 e. The predicted molar refractivity (Wildman–Crippen MR) is 111 cm³/mol. The molecule has 2 aromatic carbocycles. The number of hydrogen-bond donors (Lipinski definition) is 1. The van der Waals surface area contributed by atoms with Crippen molar-refractivity contribution in [2.75, 3.05) is 11.8 Å². The second kappa shape index (κ2) is 8.10. The number of nitrogens with one attached hydrogen (secondary N) is 1. The first-order chi connectivity index (χ1) is 14.4. The molecule has 1 N–H and O–H groups in total. The maximum absolute atomic E-state index is 13.0. The molecule has 0 aromatic heterocycles. The van der Waals surface area contributed by atoms with Crippen molar-refractivity contribution in [1.82, 2.24) is 4.90 Å². The van der Waals surface area contributed by atoms with Crippen molar-refractivity contribution >= 4 is 27.5 Å². The number of benzene rings is 2. The van der Waals surface area contributed by atoms with Crippen molar-refractivity contribution in [1.29, 1.82) is 0 Å². The summed E-state index contributed by atoms with van der Waals surface area (Å²) in [5.41, 5.74) is 0.989. The monoisotopic (exact) mass is 428 g/mol. The average Bonchev–Trinajstić information content (AvgIpc) is 2.99. The number of nitrogens with zero attached hydrogens (tertiary/aromatic N) is 1. The minimum Gasteiger partial charge on any atom is -0.495 e. The molecular weight excluding hydrogens is 404 g/mol. The summed E-state index contributed by atoms with van der Waals surface area (Å²) in [5.74, 6) is -0.561. The number of rotatable bonds is 6. The van der Waals surface area contributed by atoms with E-state index in [0.717, 1.165) is 25.7 Å². The molecule has 2 amide bonds. The number of sulfonamides is 1. The number of imide groups is 1. The number of hydrogen-bond acceptors (Lipinski definition) is 5. The van der Waals surface area contributed by atoms with E-state index in [2.05, 4.69) is 4.72 Å². The SMILES string of the molecule is COc1ccc(CN2C(=O)C3CCCCC3C2=O)cc1S(=O)(=O)Nc1ccccc1. The van der Waals surface area contributed by atoms with Crippen molar-refractivity contribution in [3.63, 3.8) is 0 Å². The van der Waals surface area contributed by atoms with Crippen LogP contribution in [0.4, 0.5) is 5.69 Å². The van der Waals surface area contributed by atoms with Gasteiger partial charge in [-0.25, -0.2) is 8.42 Å². The van der Waals surface area contributed by atoms with E-state index in [9.17, 15) is 18.0 Å². The molecule has 0 radical (unpaired) electrons. The van der Waals surface area contributed by atoms with E-state index in [0.29, 0.717) is 11.3 Å². The molecule has 4 rings (SSSR count). The minimum atomic E-state index is -3.92. The van der Waals surface area contributed by atoms with Gasteiger partial charge in [0.25, 0.3) is 10.0 Å². The molecule has 1 aliphatic heterocycles. The summed E-state index contributed by atoms with van der Waals surface area (Å²) < 4.78 is 33.7. The number of carbonyl (C=O) groups is 2. The molecule has 2 fully saturated rings. The standard InChI is InChI=1S/C22H24N2O5S/c1-29-19-12-11-15(13-20(19)30(27,28)23-16-7-3-2-4-8-16)14-24-21(25)17-9-5-6-10-18(17)22(24)26/h2-4,7-8,11-13,17-18,23H,5-6,9-10,14H2,1H3. The van der Waals surface area contributed by atoms with Crippen LogP contribution in [0.1, 0.15) is 31.2 Å². The van der Waals surface area contributed by atoms with Crippen molar-refractivity contribution in [2.24, 2.45) is 11.8 Å². The number of amides is 2. The second-order valence-electron chi connectivity index (χ2n) is 7.72. The lowest BCUT2D eigenvalue weighted by atomic mass is 9.81. The highest BCUT2D eigenvalue weighted by molar-refractivity contribution is 7.92. The number of methoxy groups -OCH3 is 1.